The lowest BCUT2D eigenvalue weighted by Gasteiger charge is -2.14. The summed E-state index contributed by atoms with van der Waals surface area (Å²) in [4.78, 5) is 12.2. The number of hydrogen-bond donors (Lipinski definition) is 1. The molecule has 1 amide bonds. The quantitative estimate of drug-likeness (QED) is 0.546. The van der Waals surface area contributed by atoms with Crippen molar-refractivity contribution in [3.8, 4) is 5.75 Å². The summed E-state index contributed by atoms with van der Waals surface area (Å²) in [6.45, 7) is 1.69. The average Bonchev–Trinajstić information content (AvgIpc) is 2.62. The summed E-state index contributed by atoms with van der Waals surface area (Å²) in [6.07, 6.45) is 0.858. The fourth-order valence-electron chi connectivity index (χ4n) is 2.39. The molecule has 0 aliphatic carbocycles. The lowest BCUT2D eigenvalue weighted by Crippen LogP contribution is -2.33. The van der Waals surface area contributed by atoms with Gasteiger partial charge in [-0.3, -0.25) is 4.79 Å². The van der Waals surface area contributed by atoms with Gasteiger partial charge in [0, 0.05) is 10.4 Å². The summed E-state index contributed by atoms with van der Waals surface area (Å²) in [5.41, 5.74) is 3.28. The van der Waals surface area contributed by atoms with Crippen molar-refractivity contribution in [2.45, 2.75) is 13.0 Å². The van der Waals surface area contributed by atoms with Crippen molar-refractivity contribution in [1.29, 1.82) is 0 Å². The first kappa shape index (κ1) is 17.0. The highest BCUT2D eigenvalue weighted by atomic mass is 35.5. The SMILES string of the molecule is CC(Oc1cccc2ccccc12)C(=O)N/N=C/c1cccc(Cl)c1. The Balaban J connectivity index is 1.64. The molecule has 1 atom stereocenters. The van der Waals surface area contributed by atoms with Gasteiger partial charge in [-0.25, -0.2) is 5.43 Å². The van der Waals surface area contributed by atoms with E-state index in [0.29, 0.717) is 10.8 Å². The van der Waals surface area contributed by atoms with Gasteiger partial charge in [0.15, 0.2) is 6.10 Å². The van der Waals surface area contributed by atoms with Crippen LogP contribution in [0.3, 0.4) is 0 Å². The molecule has 5 heteroatoms. The van der Waals surface area contributed by atoms with E-state index < -0.39 is 6.10 Å². The Bertz CT molecular complexity index is 919. The summed E-state index contributed by atoms with van der Waals surface area (Å²) in [7, 11) is 0. The molecule has 0 fully saturated rings. The van der Waals surface area contributed by atoms with Crippen LogP contribution in [-0.4, -0.2) is 18.2 Å². The topological polar surface area (TPSA) is 50.7 Å². The number of amides is 1. The molecule has 1 N–H and O–H groups in total. The Morgan fingerprint density at radius 3 is 2.72 bits per heavy atom. The van der Waals surface area contributed by atoms with E-state index >= 15 is 0 Å². The van der Waals surface area contributed by atoms with E-state index in [2.05, 4.69) is 10.5 Å². The van der Waals surface area contributed by atoms with Gasteiger partial charge in [-0.05, 0) is 36.1 Å². The second-order valence-electron chi connectivity index (χ2n) is 5.53. The van der Waals surface area contributed by atoms with E-state index in [1.165, 1.54) is 6.21 Å². The van der Waals surface area contributed by atoms with E-state index in [0.717, 1.165) is 16.3 Å². The molecule has 25 heavy (non-hydrogen) atoms. The van der Waals surface area contributed by atoms with Crippen molar-refractivity contribution in [3.63, 3.8) is 0 Å². The zero-order chi connectivity index (χ0) is 17.6. The first-order valence-electron chi connectivity index (χ1n) is 7.86. The molecule has 0 heterocycles. The highest BCUT2D eigenvalue weighted by Crippen LogP contribution is 2.26. The van der Waals surface area contributed by atoms with Crippen molar-refractivity contribution in [1.82, 2.24) is 5.43 Å². The number of nitrogens with one attached hydrogen (secondary N) is 1. The highest BCUT2D eigenvalue weighted by Gasteiger charge is 2.15. The monoisotopic (exact) mass is 352 g/mol. The third-order valence-corrected chi connectivity index (χ3v) is 3.89. The number of nitrogens with zero attached hydrogens (tertiary/aromatic N) is 1. The normalized spacial score (nSPS) is 12.2. The number of rotatable bonds is 5. The Kier molecular flexibility index (Phi) is 5.31. The van der Waals surface area contributed by atoms with Gasteiger partial charge in [0.2, 0.25) is 0 Å². The van der Waals surface area contributed by atoms with Crippen molar-refractivity contribution >= 4 is 34.5 Å². The number of ether oxygens (including phenoxy) is 1. The Labute approximate surface area is 151 Å². The molecule has 0 saturated carbocycles. The highest BCUT2D eigenvalue weighted by molar-refractivity contribution is 6.30. The van der Waals surface area contributed by atoms with Crippen LogP contribution in [0.4, 0.5) is 0 Å². The van der Waals surface area contributed by atoms with Crippen LogP contribution in [0.5, 0.6) is 5.75 Å². The summed E-state index contributed by atoms with van der Waals surface area (Å²) in [6, 6.07) is 20.8. The van der Waals surface area contributed by atoms with Gasteiger partial charge in [0.05, 0.1) is 6.21 Å². The Morgan fingerprint density at radius 1 is 1.12 bits per heavy atom. The molecule has 3 aromatic rings. The minimum absolute atomic E-state index is 0.328. The summed E-state index contributed by atoms with van der Waals surface area (Å²) in [5.74, 6) is 0.339. The molecule has 0 aliphatic heterocycles. The number of halogens is 1. The maximum absolute atomic E-state index is 12.2. The van der Waals surface area contributed by atoms with Crippen LogP contribution < -0.4 is 10.2 Å². The fraction of sp³-hybridized carbons (Fsp3) is 0.100. The van der Waals surface area contributed by atoms with Gasteiger partial charge < -0.3 is 4.74 Å². The maximum Gasteiger partial charge on any atom is 0.280 e. The first-order chi connectivity index (χ1) is 12.1. The number of hydrazone groups is 1. The molecule has 0 bridgehead atoms. The van der Waals surface area contributed by atoms with E-state index in [1.807, 2.05) is 54.6 Å². The van der Waals surface area contributed by atoms with Crippen molar-refractivity contribution in [3.05, 3.63) is 77.3 Å². The molecule has 0 radical (unpaired) electrons. The molecule has 1 unspecified atom stereocenters. The minimum Gasteiger partial charge on any atom is -0.480 e. The Hall–Kier alpha value is -2.85. The second kappa shape index (κ2) is 7.81. The maximum atomic E-state index is 12.2. The predicted molar refractivity (Wildman–Crippen MR) is 101 cm³/mol. The van der Waals surface area contributed by atoms with Crippen LogP contribution in [0.2, 0.25) is 5.02 Å². The van der Waals surface area contributed by atoms with Crippen LogP contribution in [0.25, 0.3) is 10.8 Å². The minimum atomic E-state index is -0.678. The third kappa shape index (κ3) is 4.37. The molecule has 3 aromatic carbocycles. The molecule has 0 aromatic heterocycles. The largest absolute Gasteiger partial charge is 0.480 e. The smallest absolute Gasteiger partial charge is 0.280 e. The van der Waals surface area contributed by atoms with E-state index in [9.17, 15) is 4.79 Å². The predicted octanol–water partition coefficient (Wildman–Crippen LogP) is 4.41. The lowest BCUT2D eigenvalue weighted by molar-refractivity contribution is -0.127. The van der Waals surface area contributed by atoms with Gasteiger partial charge in [-0.1, -0.05) is 60.1 Å². The standard InChI is InChI=1S/C20H17ClN2O2/c1-14(20(24)23-22-13-15-6-4-9-17(21)12-15)25-19-11-5-8-16-7-2-3-10-18(16)19/h2-14H,1H3,(H,23,24)/b22-13+. The molecular formula is C20H17ClN2O2. The van der Waals surface area contributed by atoms with Crippen molar-refractivity contribution in [2.75, 3.05) is 0 Å². The number of benzene rings is 3. The zero-order valence-electron chi connectivity index (χ0n) is 13.6. The number of hydrogen-bond acceptors (Lipinski definition) is 3. The van der Waals surface area contributed by atoms with Gasteiger partial charge >= 0.3 is 0 Å². The number of carbonyl (C=O) groups is 1. The van der Waals surface area contributed by atoms with Gasteiger partial charge in [0.1, 0.15) is 5.75 Å². The van der Waals surface area contributed by atoms with Crippen LogP contribution in [0, 0.1) is 0 Å². The van der Waals surface area contributed by atoms with Crippen LogP contribution in [0.1, 0.15) is 12.5 Å². The average molecular weight is 353 g/mol. The molecule has 0 spiro atoms. The molecule has 0 aliphatic rings. The molecular weight excluding hydrogens is 336 g/mol. The van der Waals surface area contributed by atoms with Gasteiger partial charge in [-0.2, -0.15) is 5.10 Å². The van der Waals surface area contributed by atoms with E-state index in [1.54, 1.807) is 19.1 Å². The molecule has 0 saturated heterocycles. The molecule has 3 rings (SSSR count). The Morgan fingerprint density at radius 2 is 1.88 bits per heavy atom. The van der Waals surface area contributed by atoms with E-state index in [4.69, 9.17) is 16.3 Å². The third-order valence-electron chi connectivity index (χ3n) is 3.66. The van der Waals surface area contributed by atoms with Crippen LogP contribution in [-0.2, 0) is 4.79 Å². The van der Waals surface area contributed by atoms with Crippen molar-refractivity contribution < 1.29 is 9.53 Å². The molecule has 4 nitrogen and oxygen atoms in total. The van der Waals surface area contributed by atoms with E-state index in [-0.39, 0.29) is 5.91 Å². The number of carbonyl (C=O) groups excluding carboxylic acids is 1. The van der Waals surface area contributed by atoms with Crippen molar-refractivity contribution in [2.24, 2.45) is 5.10 Å². The molecule has 126 valence electrons. The van der Waals surface area contributed by atoms with Gasteiger partial charge in [-0.15, -0.1) is 0 Å². The zero-order valence-corrected chi connectivity index (χ0v) is 14.4. The summed E-state index contributed by atoms with van der Waals surface area (Å²) >= 11 is 5.91. The number of fused-ring (bicyclic) bond motifs is 1. The summed E-state index contributed by atoms with van der Waals surface area (Å²) in [5, 5.41) is 6.58. The first-order valence-corrected chi connectivity index (χ1v) is 8.24. The van der Waals surface area contributed by atoms with Gasteiger partial charge in [0.25, 0.3) is 5.91 Å². The van der Waals surface area contributed by atoms with Crippen LogP contribution >= 0.6 is 11.6 Å². The second-order valence-corrected chi connectivity index (χ2v) is 5.96. The summed E-state index contributed by atoms with van der Waals surface area (Å²) < 4.78 is 5.80. The fourth-order valence-corrected chi connectivity index (χ4v) is 2.59. The van der Waals surface area contributed by atoms with Crippen LogP contribution in [0.15, 0.2) is 71.8 Å². The lowest BCUT2D eigenvalue weighted by atomic mass is 10.1.